The molecule has 22 heavy (non-hydrogen) atoms. The lowest BCUT2D eigenvalue weighted by atomic mass is 10.1. The van der Waals surface area contributed by atoms with Gasteiger partial charge in [0.2, 0.25) is 0 Å². The second-order valence-electron chi connectivity index (χ2n) is 5.86. The second-order valence-corrected chi connectivity index (χ2v) is 5.86. The summed E-state index contributed by atoms with van der Waals surface area (Å²) in [5.74, 6) is 0. The molecule has 3 heterocycles. The van der Waals surface area contributed by atoms with Crippen LogP contribution in [0.1, 0.15) is 31.9 Å². The van der Waals surface area contributed by atoms with Gasteiger partial charge < -0.3 is 15.2 Å². The SMILES string of the molecule is CCCC1=C(/C=C\Nc2ccnc3c2cc(C)n3C)NCC1. The number of nitrogens with one attached hydrogen (secondary N) is 2. The van der Waals surface area contributed by atoms with Crippen molar-refractivity contribution >= 4 is 16.7 Å². The topological polar surface area (TPSA) is 41.9 Å². The zero-order chi connectivity index (χ0) is 15.5. The highest BCUT2D eigenvalue weighted by molar-refractivity contribution is 5.90. The molecule has 0 spiro atoms. The number of nitrogens with zero attached hydrogens (tertiary/aromatic N) is 2. The number of hydrogen-bond acceptors (Lipinski definition) is 3. The van der Waals surface area contributed by atoms with Crippen molar-refractivity contribution in [1.82, 2.24) is 14.9 Å². The predicted molar refractivity (Wildman–Crippen MR) is 92.8 cm³/mol. The van der Waals surface area contributed by atoms with Crippen molar-refractivity contribution in [3.05, 3.63) is 47.6 Å². The van der Waals surface area contributed by atoms with Gasteiger partial charge >= 0.3 is 0 Å². The van der Waals surface area contributed by atoms with Crippen LogP contribution in [0, 0.1) is 6.92 Å². The molecule has 1 aliphatic rings. The van der Waals surface area contributed by atoms with Crippen molar-refractivity contribution in [2.75, 3.05) is 11.9 Å². The van der Waals surface area contributed by atoms with Crippen LogP contribution >= 0.6 is 0 Å². The average molecular weight is 296 g/mol. The molecule has 0 fully saturated rings. The average Bonchev–Trinajstić information content (AvgIpc) is 3.06. The van der Waals surface area contributed by atoms with Crippen LogP contribution in [-0.2, 0) is 7.05 Å². The van der Waals surface area contributed by atoms with E-state index in [-0.39, 0.29) is 0 Å². The summed E-state index contributed by atoms with van der Waals surface area (Å²) in [5, 5.41) is 8.04. The molecule has 0 atom stereocenters. The smallest absolute Gasteiger partial charge is 0.141 e. The molecule has 4 heteroatoms. The number of rotatable bonds is 5. The molecule has 4 nitrogen and oxygen atoms in total. The number of allylic oxidation sites excluding steroid dienone is 1. The van der Waals surface area contributed by atoms with Crippen LogP contribution in [0.3, 0.4) is 0 Å². The van der Waals surface area contributed by atoms with Crippen molar-refractivity contribution in [3.8, 4) is 0 Å². The molecule has 0 radical (unpaired) electrons. The van der Waals surface area contributed by atoms with Crippen LogP contribution in [0.15, 0.2) is 41.9 Å². The van der Waals surface area contributed by atoms with Gasteiger partial charge in [0.15, 0.2) is 0 Å². The Morgan fingerprint density at radius 2 is 2.32 bits per heavy atom. The third-order valence-corrected chi connectivity index (χ3v) is 4.33. The largest absolute Gasteiger partial charge is 0.385 e. The van der Waals surface area contributed by atoms with E-state index in [0.717, 1.165) is 23.3 Å². The normalized spacial score (nSPS) is 15.0. The third-order valence-electron chi connectivity index (χ3n) is 4.33. The van der Waals surface area contributed by atoms with Gasteiger partial charge in [-0.3, -0.25) is 0 Å². The van der Waals surface area contributed by atoms with Crippen LogP contribution in [0.4, 0.5) is 5.69 Å². The van der Waals surface area contributed by atoms with Gasteiger partial charge in [0.25, 0.3) is 0 Å². The number of hydrogen-bond donors (Lipinski definition) is 2. The summed E-state index contributed by atoms with van der Waals surface area (Å²) in [6, 6.07) is 4.20. The highest BCUT2D eigenvalue weighted by Gasteiger charge is 2.10. The molecule has 0 aromatic carbocycles. The number of pyridine rings is 1. The lowest BCUT2D eigenvalue weighted by Gasteiger charge is -2.05. The van der Waals surface area contributed by atoms with Crippen molar-refractivity contribution < 1.29 is 0 Å². The number of fused-ring (bicyclic) bond motifs is 1. The first kappa shape index (κ1) is 14.7. The summed E-state index contributed by atoms with van der Waals surface area (Å²) in [5.41, 5.74) is 6.15. The van der Waals surface area contributed by atoms with E-state index < -0.39 is 0 Å². The third kappa shape index (κ3) is 2.73. The molecule has 0 amide bonds. The molecule has 2 aromatic heterocycles. The highest BCUT2D eigenvalue weighted by Crippen LogP contribution is 2.25. The number of anilines is 1. The Labute approximate surface area is 131 Å². The fraction of sp³-hybridized carbons (Fsp3) is 0.389. The molecule has 0 bridgehead atoms. The lowest BCUT2D eigenvalue weighted by Crippen LogP contribution is -2.05. The van der Waals surface area contributed by atoms with Gasteiger partial charge in [-0.15, -0.1) is 0 Å². The minimum Gasteiger partial charge on any atom is -0.385 e. The Morgan fingerprint density at radius 1 is 1.45 bits per heavy atom. The van der Waals surface area contributed by atoms with Crippen LogP contribution < -0.4 is 10.6 Å². The Hall–Kier alpha value is -2.23. The zero-order valence-electron chi connectivity index (χ0n) is 13.6. The number of aromatic nitrogens is 2. The minimum absolute atomic E-state index is 1.01. The first-order valence-electron chi connectivity index (χ1n) is 8.00. The van der Waals surface area contributed by atoms with E-state index in [1.165, 1.54) is 36.2 Å². The lowest BCUT2D eigenvalue weighted by molar-refractivity contribution is 0.843. The van der Waals surface area contributed by atoms with E-state index in [2.05, 4.69) is 53.2 Å². The van der Waals surface area contributed by atoms with Crippen molar-refractivity contribution in [3.63, 3.8) is 0 Å². The molecule has 2 N–H and O–H groups in total. The predicted octanol–water partition coefficient (Wildman–Crippen LogP) is 3.85. The van der Waals surface area contributed by atoms with E-state index in [9.17, 15) is 0 Å². The maximum absolute atomic E-state index is 4.46. The summed E-state index contributed by atoms with van der Waals surface area (Å²) < 4.78 is 2.12. The first-order valence-corrected chi connectivity index (χ1v) is 8.00. The molecule has 0 saturated carbocycles. The van der Waals surface area contributed by atoms with Gasteiger partial charge in [-0.25, -0.2) is 4.98 Å². The van der Waals surface area contributed by atoms with E-state index in [1.54, 1.807) is 0 Å². The molecular weight excluding hydrogens is 272 g/mol. The molecule has 2 aromatic rings. The van der Waals surface area contributed by atoms with E-state index in [4.69, 9.17) is 0 Å². The summed E-state index contributed by atoms with van der Waals surface area (Å²) >= 11 is 0. The minimum atomic E-state index is 1.01. The van der Waals surface area contributed by atoms with E-state index in [1.807, 2.05) is 18.5 Å². The summed E-state index contributed by atoms with van der Waals surface area (Å²) in [6.07, 6.45) is 9.60. The van der Waals surface area contributed by atoms with Gasteiger partial charge in [-0.2, -0.15) is 0 Å². The molecule has 1 aliphatic heterocycles. The van der Waals surface area contributed by atoms with Gasteiger partial charge in [-0.1, -0.05) is 13.3 Å². The van der Waals surface area contributed by atoms with Gasteiger partial charge in [-0.05, 0) is 43.5 Å². The highest BCUT2D eigenvalue weighted by atomic mass is 15.0. The molecule has 3 rings (SSSR count). The standard InChI is InChI=1S/C18H24N4/c1-4-5-14-6-9-19-16(14)7-10-20-17-8-11-21-18-15(17)12-13(2)22(18)3/h7-8,10-12,19H,4-6,9H2,1-3H3,(H,20,21)/b10-7-. The number of aryl methyl sites for hydroxylation is 2. The Kier molecular flexibility index (Phi) is 4.18. The van der Waals surface area contributed by atoms with Crippen LogP contribution in [0.5, 0.6) is 0 Å². The fourth-order valence-electron chi connectivity index (χ4n) is 3.03. The molecule has 0 saturated heterocycles. The maximum atomic E-state index is 4.46. The molecular formula is C18H24N4. The van der Waals surface area contributed by atoms with Crippen molar-refractivity contribution in [2.24, 2.45) is 7.05 Å². The second kappa shape index (κ2) is 6.26. The molecule has 0 aliphatic carbocycles. The zero-order valence-corrected chi connectivity index (χ0v) is 13.6. The fourth-order valence-corrected chi connectivity index (χ4v) is 3.03. The Balaban J connectivity index is 1.81. The van der Waals surface area contributed by atoms with Crippen molar-refractivity contribution in [2.45, 2.75) is 33.1 Å². The summed E-state index contributed by atoms with van der Waals surface area (Å²) in [7, 11) is 2.05. The van der Waals surface area contributed by atoms with Gasteiger partial charge in [0, 0.05) is 42.8 Å². The summed E-state index contributed by atoms with van der Waals surface area (Å²) in [4.78, 5) is 4.46. The summed E-state index contributed by atoms with van der Waals surface area (Å²) in [6.45, 7) is 5.40. The van der Waals surface area contributed by atoms with Gasteiger partial charge in [0.05, 0.1) is 5.69 Å². The van der Waals surface area contributed by atoms with Gasteiger partial charge in [0.1, 0.15) is 5.65 Å². The Bertz CT molecular complexity index is 737. The Morgan fingerprint density at radius 3 is 3.14 bits per heavy atom. The van der Waals surface area contributed by atoms with Crippen LogP contribution in [0.2, 0.25) is 0 Å². The monoisotopic (exact) mass is 296 g/mol. The molecule has 0 unspecified atom stereocenters. The maximum Gasteiger partial charge on any atom is 0.141 e. The van der Waals surface area contributed by atoms with E-state index >= 15 is 0 Å². The van der Waals surface area contributed by atoms with Crippen molar-refractivity contribution in [1.29, 1.82) is 0 Å². The van der Waals surface area contributed by atoms with Crippen LogP contribution in [-0.4, -0.2) is 16.1 Å². The van der Waals surface area contributed by atoms with E-state index in [0.29, 0.717) is 0 Å². The quantitative estimate of drug-likeness (QED) is 0.880. The molecule has 116 valence electrons. The first-order chi connectivity index (χ1) is 10.7. The van der Waals surface area contributed by atoms with Crippen LogP contribution in [0.25, 0.3) is 11.0 Å².